The predicted octanol–water partition coefficient (Wildman–Crippen LogP) is 3.53. The highest BCUT2D eigenvalue weighted by Gasteiger charge is 2.37. The Morgan fingerprint density at radius 1 is 1.24 bits per heavy atom. The van der Waals surface area contributed by atoms with Crippen LogP contribution in [0.25, 0.3) is 0 Å². The molecule has 0 atom stereocenters. The number of hydrogen-bond acceptors (Lipinski definition) is 6. The summed E-state index contributed by atoms with van der Waals surface area (Å²) in [6.07, 6.45) is 2.00. The molecule has 1 saturated heterocycles. The highest BCUT2D eigenvalue weighted by Crippen LogP contribution is 2.31. The van der Waals surface area contributed by atoms with Gasteiger partial charge in [-0.25, -0.2) is 4.79 Å². The number of hydrogen-bond donors (Lipinski definition) is 0. The maximum absolute atomic E-state index is 12.0. The van der Waals surface area contributed by atoms with Gasteiger partial charge in [0.15, 0.2) is 0 Å². The molecule has 0 aliphatic carbocycles. The minimum Gasteiger partial charge on any atom is -0.444 e. The van der Waals surface area contributed by atoms with Gasteiger partial charge in [0.1, 0.15) is 11.2 Å². The molecule has 2 heterocycles. The number of likely N-dealkylation sites (tertiary alicyclic amines) is 1. The molecule has 1 aromatic heterocycles. The molecule has 0 radical (unpaired) electrons. The van der Waals surface area contributed by atoms with Crippen molar-refractivity contribution >= 4 is 6.09 Å². The Hall–Kier alpha value is -1.63. The number of rotatable bonds is 7. The van der Waals surface area contributed by atoms with Gasteiger partial charge in [-0.05, 0) is 40.5 Å². The molecule has 1 aliphatic heterocycles. The topological polar surface area (TPSA) is 77.7 Å². The minimum absolute atomic E-state index is 0.262. The summed E-state index contributed by atoms with van der Waals surface area (Å²) < 4.78 is 16.7. The van der Waals surface area contributed by atoms with Crippen LogP contribution in [0.15, 0.2) is 4.52 Å². The van der Waals surface area contributed by atoms with Gasteiger partial charge in [-0.1, -0.05) is 19.0 Å². The van der Waals surface area contributed by atoms with Crippen molar-refractivity contribution in [3.8, 4) is 0 Å². The van der Waals surface area contributed by atoms with Crippen LogP contribution in [0.2, 0.25) is 0 Å². The number of nitrogens with zero attached hydrogens (tertiary/aromatic N) is 3. The molecule has 7 heteroatoms. The van der Waals surface area contributed by atoms with Crippen molar-refractivity contribution in [3.05, 3.63) is 11.7 Å². The fourth-order valence-corrected chi connectivity index (χ4v) is 3.06. The normalized spacial score (nSPS) is 16.0. The van der Waals surface area contributed by atoms with Crippen molar-refractivity contribution in [1.29, 1.82) is 0 Å². The molecule has 0 saturated carbocycles. The van der Waals surface area contributed by atoms with Crippen LogP contribution in [0.3, 0.4) is 0 Å². The van der Waals surface area contributed by atoms with Crippen LogP contribution in [0, 0.1) is 5.92 Å². The van der Waals surface area contributed by atoms with Crippen molar-refractivity contribution in [3.63, 3.8) is 0 Å². The zero-order valence-electron chi connectivity index (χ0n) is 16.3. The molecule has 0 aromatic carbocycles. The van der Waals surface area contributed by atoms with Crippen LogP contribution in [0.4, 0.5) is 4.79 Å². The smallest absolute Gasteiger partial charge is 0.410 e. The van der Waals surface area contributed by atoms with E-state index in [1.165, 1.54) is 0 Å². The summed E-state index contributed by atoms with van der Waals surface area (Å²) in [6.45, 7) is 13.6. The Morgan fingerprint density at radius 3 is 2.40 bits per heavy atom. The Labute approximate surface area is 150 Å². The lowest BCUT2D eigenvalue weighted by Crippen LogP contribution is -2.52. The first-order valence-electron chi connectivity index (χ1n) is 9.18. The van der Waals surface area contributed by atoms with Gasteiger partial charge in [0.2, 0.25) is 11.7 Å². The zero-order chi connectivity index (χ0) is 18.7. The second kappa shape index (κ2) is 7.72. The average molecular weight is 353 g/mol. The maximum atomic E-state index is 12.0. The van der Waals surface area contributed by atoms with Crippen LogP contribution in [0.1, 0.15) is 66.1 Å². The molecule has 7 nitrogen and oxygen atoms in total. The molecule has 2 rings (SSSR count). The van der Waals surface area contributed by atoms with Crippen LogP contribution in [-0.4, -0.2) is 46.4 Å². The molecule has 0 spiro atoms. The molecule has 0 unspecified atom stereocenters. The van der Waals surface area contributed by atoms with E-state index in [-0.39, 0.29) is 6.09 Å². The third-order valence-electron chi connectivity index (χ3n) is 4.51. The summed E-state index contributed by atoms with van der Waals surface area (Å²) in [5, 5.41) is 4.15. The van der Waals surface area contributed by atoms with Gasteiger partial charge in [-0.15, -0.1) is 0 Å². The van der Waals surface area contributed by atoms with Crippen LogP contribution < -0.4 is 0 Å². The third kappa shape index (κ3) is 4.71. The second-order valence-electron chi connectivity index (χ2n) is 7.60. The zero-order valence-corrected chi connectivity index (χ0v) is 16.3. The summed E-state index contributed by atoms with van der Waals surface area (Å²) in [4.78, 5) is 18.2. The highest BCUT2D eigenvalue weighted by molar-refractivity contribution is 5.69. The number of ether oxygens (including phenoxy) is 2. The molecule has 1 aromatic rings. The maximum Gasteiger partial charge on any atom is 0.410 e. The van der Waals surface area contributed by atoms with E-state index < -0.39 is 11.2 Å². The lowest BCUT2D eigenvalue weighted by atomic mass is 9.95. The van der Waals surface area contributed by atoms with E-state index in [9.17, 15) is 4.79 Å². The van der Waals surface area contributed by atoms with Gasteiger partial charge >= 0.3 is 6.09 Å². The average Bonchev–Trinajstić information content (AvgIpc) is 2.95. The highest BCUT2D eigenvalue weighted by atomic mass is 16.6. The van der Waals surface area contributed by atoms with Crippen molar-refractivity contribution in [1.82, 2.24) is 15.0 Å². The van der Waals surface area contributed by atoms with E-state index in [0.29, 0.717) is 43.8 Å². The van der Waals surface area contributed by atoms with Gasteiger partial charge in [0, 0.05) is 32.0 Å². The number of carbonyl (C=O) groups excluding carboxylic acids is 1. The van der Waals surface area contributed by atoms with Crippen LogP contribution in [0.5, 0.6) is 0 Å². The van der Waals surface area contributed by atoms with Gasteiger partial charge < -0.3 is 18.9 Å². The SMILES string of the molecule is CCOC(CC)(CC)c1noc(CC2CN(C(=O)OC(C)(C)C)C2)n1. The largest absolute Gasteiger partial charge is 0.444 e. The molecule has 1 amide bonds. The van der Waals surface area contributed by atoms with Gasteiger partial charge in [-0.2, -0.15) is 4.98 Å². The lowest BCUT2D eigenvalue weighted by Gasteiger charge is -2.39. The Morgan fingerprint density at radius 2 is 1.88 bits per heavy atom. The van der Waals surface area contributed by atoms with E-state index >= 15 is 0 Å². The Balaban J connectivity index is 1.90. The fourth-order valence-electron chi connectivity index (χ4n) is 3.06. The minimum atomic E-state index is -0.474. The van der Waals surface area contributed by atoms with E-state index in [4.69, 9.17) is 14.0 Å². The summed E-state index contributed by atoms with van der Waals surface area (Å²) >= 11 is 0. The van der Waals surface area contributed by atoms with Crippen molar-refractivity contribution in [2.24, 2.45) is 5.92 Å². The molecule has 1 fully saturated rings. The Bertz CT molecular complexity index is 569. The number of amides is 1. The van der Waals surface area contributed by atoms with Crippen molar-refractivity contribution < 1.29 is 18.8 Å². The summed E-state index contributed by atoms with van der Waals surface area (Å²) in [5.74, 6) is 1.55. The second-order valence-corrected chi connectivity index (χ2v) is 7.60. The number of aromatic nitrogens is 2. The quantitative estimate of drug-likeness (QED) is 0.746. The van der Waals surface area contributed by atoms with Crippen molar-refractivity contribution in [2.75, 3.05) is 19.7 Å². The lowest BCUT2D eigenvalue weighted by molar-refractivity contribution is -0.0583. The molecule has 142 valence electrons. The first-order valence-corrected chi connectivity index (χ1v) is 9.18. The molecule has 1 aliphatic rings. The van der Waals surface area contributed by atoms with Crippen LogP contribution >= 0.6 is 0 Å². The summed E-state index contributed by atoms with van der Waals surface area (Å²) in [7, 11) is 0. The van der Waals surface area contributed by atoms with Gasteiger partial charge in [-0.3, -0.25) is 0 Å². The van der Waals surface area contributed by atoms with E-state index in [1.54, 1.807) is 4.90 Å². The molecule has 0 bridgehead atoms. The number of carbonyl (C=O) groups is 1. The standard InChI is InChI=1S/C18H31N3O4/c1-7-18(8-2,23-9-3)15-19-14(25-20-15)10-13-11-21(12-13)16(22)24-17(4,5)6/h13H,7-12H2,1-6H3. The van der Waals surface area contributed by atoms with Gasteiger partial charge in [0.05, 0.1) is 0 Å². The molecular weight excluding hydrogens is 322 g/mol. The van der Waals surface area contributed by atoms with Crippen molar-refractivity contribution in [2.45, 2.75) is 72.0 Å². The molecule has 0 N–H and O–H groups in total. The first-order chi connectivity index (χ1) is 11.7. The van der Waals surface area contributed by atoms with E-state index in [2.05, 4.69) is 24.0 Å². The van der Waals surface area contributed by atoms with E-state index in [1.807, 2.05) is 27.7 Å². The summed E-state index contributed by atoms with van der Waals surface area (Å²) in [5.41, 5.74) is -0.939. The first kappa shape index (κ1) is 19.7. The summed E-state index contributed by atoms with van der Waals surface area (Å²) in [6, 6.07) is 0. The molecular formula is C18H31N3O4. The predicted molar refractivity (Wildman–Crippen MR) is 93.2 cm³/mol. The van der Waals surface area contributed by atoms with Gasteiger partial charge in [0.25, 0.3) is 0 Å². The monoisotopic (exact) mass is 353 g/mol. The third-order valence-corrected chi connectivity index (χ3v) is 4.51. The molecule has 25 heavy (non-hydrogen) atoms. The Kier molecular flexibility index (Phi) is 6.08. The van der Waals surface area contributed by atoms with E-state index in [0.717, 1.165) is 12.8 Å². The van der Waals surface area contributed by atoms with Crippen LogP contribution in [-0.2, 0) is 21.5 Å². The fraction of sp³-hybridized carbons (Fsp3) is 0.833.